The van der Waals surface area contributed by atoms with Gasteiger partial charge in [0.05, 0.1) is 10.9 Å². The van der Waals surface area contributed by atoms with Crippen molar-refractivity contribution in [3.05, 3.63) is 59.2 Å². The van der Waals surface area contributed by atoms with Crippen molar-refractivity contribution in [2.24, 2.45) is 0 Å². The SMILES string of the molecule is C=C/C=C/c1nc2ccccc2c(=O)[nH]1. The molecule has 3 nitrogen and oxygen atoms in total. The molecule has 0 fully saturated rings. The smallest absolute Gasteiger partial charge is 0.259 e. The highest BCUT2D eigenvalue weighted by molar-refractivity contribution is 5.77. The molecule has 0 amide bonds. The first-order valence-electron chi connectivity index (χ1n) is 4.59. The molecule has 0 aliphatic carbocycles. The van der Waals surface area contributed by atoms with E-state index in [4.69, 9.17) is 0 Å². The molecule has 0 aliphatic rings. The molecule has 0 atom stereocenters. The van der Waals surface area contributed by atoms with Gasteiger partial charge in [0.1, 0.15) is 5.82 Å². The van der Waals surface area contributed by atoms with E-state index in [0.717, 1.165) is 0 Å². The largest absolute Gasteiger partial charge is 0.306 e. The molecule has 1 heterocycles. The summed E-state index contributed by atoms with van der Waals surface area (Å²) in [6.07, 6.45) is 5.07. The number of hydrogen-bond acceptors (Lipinski definition) is 2. The number of H-pyrrole nitrogens is 1. The Labute approximate surface area is 86.8 Å². The van der Waals surface area contributed by atoms with E-state index in [1.807, 2.05) is 18.2 Å². The van der Waals surface area contributed by atoms with Crippen LogP contribution in [0.25, 0.3) is 17.0 Å². The molecular formula is C12H10N2O. The van der Waals surface area contributed by atoms with Crippen molar-refractivity contribution in [3.63, 3.8) is 0 Å². The fraction of sp³-hybridized carbons (Fsp3) is 0. The number of hydrogen-bond donors (Lipinski definition) is 1. The number of benzene rings is 1. The van der Waals surface area contributed by atoms with Crippen LogP contribution in [0.2, 0.25) is 0 Å². The van der Waals surface area contributed by atoms with E-state index in [9.17, 15) is 4.79 Å². The van der Waals surface area contributed by atoms with Gasteiger partial charge in [0.15, 0.2) is 0 Å². The molecule has 1 N–H and O–H groups in total. The summed E-state index contributed by atoms with van der Waals surface area (Å²) >= 11 is 0. The molecule has 0 spiro atoms. The molecule has 2 aromatic rings. The van der Waals surface area contributed by atoms with Crippen LogP contribution in [-0.2, 0) is 0 Å². The average Bonchev–Trinajstić information content (AvgIpc) is 2.26. The lowest BCUT2D eigenvalue weighted by Gasteiger charge is -1.97. The van der Waals surface area contributed by atoms with Crippen LogP contribution in [0.15, 0.2) is 47.8 Å². The van der Waals surface area contributed by atoms with Crippen LogP contribution < -0.4 is 5.56 Å². The number of aromatic amines is 1. The summed E-state index contributed by atoms with van der Waals surface area (Å²) in [5.74, 6) is 0.540. The molecule has 1 aromatic heterocycles. The van der Waals surface area contributed by atoms with Crippen LogP contribution in [0, 0.1) is 0 Å². The zero-order valence-electron chi connectivity index (χ0n) is 8.10. The molecular weight excluding hydrogens is 188 g/mol. The fourth-order valence-electron chi connectivity index (χ4n) is 1.34. The number of nitrogens with one attached hydrogen (secondary N) is 1. The molecule has 3 heteroatoms. The Bertz CT molecular complexity index is 581. The third kappa shape index (κ3) is 1.86. The molecule has 2 rings (SSSR count). The van der Waals surface area contributed by atoms with Crippen LogP contribution in [-0.4, -0.2) is 9.97 Å². The van der Waals surface area contributed by atoms with Crippen molar-refractivity contribution in [1.82, 2.24) is 9.97 Å². The molecule has 0 bridgehead atoms. The quantitative estimate of drug-likeness (QED) is 0.751. The van der Waals surface area contributed by atoms with E-state index < -0.39 is 0 Å². The minimum atomic E-state index is -0.121. The second kappa shape index (κ2) is 3.92. The highest BCUT2D eigenvalue weighted by atomic mass is 16.1. The molecule has 1 aromatic carbocycles. The predicted octanol–water partition coefficient (Wildman–Crippen LogP) is 2.12. The Morgan fingerprint density at radius 1 is 1.33 bits per heavy atom. The van der Waals surface area contributed by atoms with Gasteiger partial charge in [-0.25, -0.2) is 4.98 Å². The molecule has 74 valence electrons. The molecule has 0 unspecified atom stereocenters. The van der Waals surface area contributed by atoms with Crippen LogP contribution in [0.1, 0.15) is 5.82 Å². The zero-order valence-corrected chi connectivity index (χ0v) is 8.10. The monoisotopic (exact) mass is 198 g/mol. The number of aromatic nitrogens is 2. The van der Waals surface area contributed by atoms with Crippen molar-refractivity contribution in [2.45, 2.75) is 0 Å². The third-order valence-corrected chi connectivity index (χ3v) is 2.02. The Balaban J connectivity index is 2.67. The Morgan fingerprint density at radius 2 is 2.13 bits per heavy atom. The van der Waals surface area contributed by atoms with E-state index in [1.54, 1.807) is 24.3 Å². The maximum absolute atomic E-state index is 11.6. The van der Waals surface area contributed by atoms with Gasteiger partial charge < -0.3 is 4.98 Å². The number of nitrogens with zero attached hydrogens (tertiary/aromatic N) is 1. The first kappa shape index (κ1) is 9.40. The number of rotatable bonds is 2. The van der Waals surface area contributed by atoms with Gasteiger partial charge in [-0.2, -0.15) is 0 Å². The van der Waals surface area contributed by atoms with E-state index in [0.29, 0.717) is 16.7 Å². The minimum absolute atomic E-state index is 0.121. The van der Waals surface area contributed by atoms with Gasteiger partial charge in [-0.1, -0.05) is 30.9 Å². The van der Waals surface area contributed by atoms with Crippen molar-refractivity contribution in [2.75, 3.05) is 0 Å². The number of allylic oxidation sites excluding steroid dienone is 2. The van der Waals surface area contributed by atoms with Gasteiger partial charge in [0.25, 0.3) is 5.56 Å². The molecule has 0 saturated heterocycles. The summed E-state index contributed by atoms with van der Waals surface area (Å²) in [5, 5.41) is 0.605. The molecule has 0 saturated carbocycles. The van der Waals surface area contributed by atoms with Crippen LogP contribution in [0.4, 0.5) is 0 Å². The second-order valence-corrected chi connectivity index (χ2v) is 3.06. The normalized spacial score (nSPS) is 10.9. The van der Waals surface area contributed by atoms with Crippen molar-refractivity contribution < 1.29 is 0 Å². The lowest BCUT2D eigenvalue weighted by molar-refractivity contribution is 1.14. The maximum atomic E-state index is 11.6. The average molecular weight is 198 g/mol. The van der Waals surface area contributed by atoms with Crippen LogP contribution in [0.3, 0.4) is 0 Å². The maximum Gasteiger partial charge on any atom is 0.259 e. The van der Waals surface area contributed by atoms with E-state index >= 15 is 0 Å². The zero-order chi connectivity index (χ0) is 10.7. The van der Waals surface area contributed by atoms with Gasteiger partial charge in [-0.15, -0.1) is 0 Å². The lowest BCUT2D eigenvalue weighted by Crippen LogP contribution is -2.09. The summed E-state index contributed by atoms with van der Waals surface area (Å²) in [7, 11) is 0. The van der Waals surface area contributed by atoms with Gasteiger partial charge in [-0.3, -0.25) is 4.79 Å². The summed E-state index contributed by atoms with van der Waals surface area (Å²) in [5.41, 5.74) is 0.578. The summed E-state index contributed by atoms with van der Waals surface area (Å²) < 4.78 is 0. The van der Waals surface area contributed by atoms with Gasteiger partial charge in [-0.05, 0) is 18.2 Å². The summed E-state index contributed by atoms with van der Waals surface area (Å²) in [4.78, 5) is 18.6. The topological polar surface area (TPSA) is 45.8 Å². The molecule has 0 radical (unpaired) electrons. The minimum Gasteiger partial charge on any atom is -0.306 e. The van der Waals surface area contributed by atoms with Crippen LogP contribution in [0.5, 0.6) is 0 Å². The molecule has 15 heavy (non-hydrogen) atoms. The third-order valence-electron chi connectivity index (χ3n) is 2.02. The highest BCUT2D eigenvalue weighted by Crippen LogP contribution is 2.05. The van der Waals surface area contributed by atoms with Gasteiger partial charge >= 0.3 is 0 Å². The van der Waals surface area contributed by atoms with Crippen molar-refractivity contribution >= 4 is 17.0 Å². The Hall–Kier alpha value is -2.16. The van der Waals surface area contributed by atoms with Crippen LogP contribution >= 0.6 is 0 Å². The van der Waals surface area contributed by atoms with Gasteiger partial charge in [0, 0.05) is 0 Å². The first-order chi connectivity index (χ1) is 7.31. The summed E-state index contributed by atoms with van der Waals surface area (Å²) in [6, 6.07) is 7.24. The Morgan fingerprint density at radius 3 is 2.93 bits per heavy atom. The summed E-state index contributed by atoms with van der Waals surface area (Å²) in [6.45, 7) is 3.55. The first-order valence-corrected chi connectivity index (χ1v) is 4.59. The lowest BCUT2D eigenvalue weighted by atomic mass is 10.2. The fourth-order valence-corrected chi connectivity index (χ4v) is 1.34. The van der Waals surface area contributed by atoms with Crippen molar-refractivity contribution in [1.29, 1.82) is 0 Å². The van der Waals surface area contributed by atoms with Crippen molar-refractivity contribution in [3.8, 4) is 0 Å². The predicted molar refractivity (Wildman–Crippen MR) is 61.6 cm³/mol. The number of para-hydroxylation sites is 1. The number of fused-ring (bicyclic) bond motifs is 1. The van der Waals surface area contributed by atoms with E-state index in [2.05, 4.69) is 16.5 Å². The molecule has 0 aliphatic heterocycles. The Kier molecular flexibility index (Phi) is 2.46. The highest BCUT2D eigenvalue weighted by Gasteiger charge is 1.99. The standard InChI is InChI=1S/C12H10N2O/c1-2-3-8-11-13-10-7-5-4-6-9(10)12(15)14-11/h2-8H,1H2,(H,13,14,15)/b8-3+. The van der Waals surface area contributed by atoms with E-state index in [1.165, 1.54) is 0 Å². The van der Waals surface area contributed by atoms with E-state index in [-0.39, 0.29) is 5.56 Å². The van der Waals surface area contributed by atoms with Gasteiger partial charge in [0.2, 0.25) is 0 Å². The second-order valence-electron chi connectivity index (χ2n) is 3.06.